The van der Waals surface area contributed by atoms with E-state index in [4.69, 9.17) is 16.3 Å². The van der Waals surface area contributed by atoms with E-state index in [1.165, 1.54) is 12.2 Å². The van der Waals surface area contributed by atoms with Crippen molar-refractivity contribution >= 4 is 35.2 Å². The first-order valence-electron chi connectivity index (χ1n) is 9.81. The van der Waals surface area contributed by atoms with Crippen LogP contribution >= 0.6 is 11.6 Å². The molecule has 2 aromatic carbocycles. The van der Waals surface area contributed by atoms with Gasteiger partial charge in [-0.3, -0.25) is 9.59 Å². The minimum atomic E-state index is -1.07. The number of hydrogen-bond acceptors (Lipinski definition) is 6. The van der Waals surface area contributed by atoms with E-state index in [0.717, 1.165) is 23.8 Å². The van der Waals surface area contributed by atoms with Gasteiger partial charge in [0.1, 0.15) is 17.6 Å². The molecule has 0 aromatic heterocycles. The second-order valence-corrected chi connectivity index (χ2v) is 7.85. The quantitative estimate of drug-likeness (QED) is 0.275. The molecule has 6 nitrogen and oxygen atoms in total. The molecular formula is C25H21ClO6. The molecule has 0 aliphatic heterocycles. The van der Waals surface area contributed by atoms with E-state index in [1.807, 2.05) is 13.8 Å². The van der Waals surface area contributed by atoms with Gasteiger partial charge in [0, 0.05) is 23.1 Å². The molecule has 3 rings (SSSR count). The van der Waals surface area contributed by atoms with Gasteiger partial charge in [-0.05, 0) is 49.8 Å². The first-order valence-corrected chi connectivity index (χ1v) is 10.2. The zero-order valence-corrected chi connectivity index (χ0v) is 18.2. The molecule has 0 radical (unpaired) electrons. The van der Waals surface area contributed by atoms with Crippen LogP contribution in [-0.4, -0.2) is 33.9 Å². The van der Waals surface area contributed by atoms with Crippen molar-refractivity contribution in [1.82, 2.24) is 0 Å². The molecule has 164 valence electrons. The maximum atomic E-state index is 13.1. The van der Waals surface area contributed by atoms with E-state index < -0.39 is 35.1 Å². The number of esters is 1. The molecule has 32 heavy (non-hydrogen) atoms. The van der Waals surface area contributed by atoms with E-state index >= 15 is 0 Å². The van der Waals surface area contributed by atoms with Gasteiger partial charge in [-0.2, -0.15) is 0 Å². The number of rotatable bonds is 6. The molecule has 0 fully saturated rings. The Bertz CT molecular complexity index is 1180. The predicted octanol–water partition coefficient (Wildman–Crippen LogP) is 5.04. The van der Waals surface area contributed by atoms with Crippen molar-refractivity contribution < 1.29 is 29.3 Å². The van der Waals surface area contributed by atoms with Gasteiger partial charge in [-0.25, -0.2) is 4.79 Å². The Kier molecular flexibility index (Phi) is 6.95. The lowest BCUT2D eigenvalue weighted by Gasteiger charge is -2.23. The summed E-state index contributed by atoms with van der Waals surface area (Å²) in [5, 5.41) is 20.6. The predicted molar refractivity (Wildman–Crippen MR) is 121 cm³/mol. The van der Waals surface area contributed by atoms with Crippen LogP contribution in [0.2, 0.25) is 5.02 Å². The Labute approximate surface area is 190 Å². The Morgan fingerprint density at radius 3 is 2.38 bits per heavy atom. The van der Waals surface area contributed by atoms with Gasteiger partial charge in [0.2, 0.25) is 0 Å². The summed E-state index contributed by atoms with van der Waals surface area (Å²) in [6.07, 6.45) is 4.56. The van der Waals surface area contributed by atoms with Crippen LogP contribution in [0.25, 0.3) is 6.08 Å². The third kappa shape index (κ3) is 4.98. The van der Waals surface area contributed by atoms with Gasteiger partial charge in [-0.1, -0.05) is 41.4 Å². The Morgan fingerprint density at radius 1 is 1.06 bits per heavy atom. The molecule has 1 unspecified atom stereocenters. The maximum absolute atomic E-state index is 13.1. The summed E-state index contributed by atoms with van der Waals surface area (Å²) in [4.78, 5) is 38.2. The van der Waals surface area contributed by atoms with Crippen LogP contribution in [0, 0.1) is 0 Å². The number of aromatic hydroxyl groups is 2. The number of allylic oxidation sites excluding steroid dienone is 2. The third-order valence-electron chi connectivity index (χ3n) is 4.83. The molecule has 1 atom stereocenters. The SMILES string of the molecule is CC(C)=CCC(OC(=O)/C=C/c1ccccc1Cl)C1=CC(=O)c2c(O)ccc(O)c2C1=O. The highest BCUT2D eigenvalue weighted by molar-refractivity contribution is 6.32. The fraction of sp³-hybridized carbons (Fsp3) is 0.160. The fourth-order valence-electron chi connectivity index (χ4n) is 3.25. The van der Waals surface area contributed by atoms with Crippen molar-refractivity contribution in [3.63, 3.8) is 0 Å². The number of fused-ring (bicyclic) bond motifs is 1. The number of ketones is 2. The molecule has 0 saturated heterocycles. The van der Waals surface area contributed by atoms with Gasteiger partial charge >= 0.3 is 5.97 Å². The van der Waals surface area contributed by atoms with Crippen molar-refractivity contribution in [2.75, 3.05) is 0 Å². The standard InChI is InChI=1S/C25H21ClO6/c1-14(2)7-11-21(32-22(30)12-8-15-5-3-4-6-17(15)26)16-13-20(29)23-18(27)9-10-19(28)24(23)25(16)31/h3-10,12-13,21,27-28H,11H2,1-2H3/b12-8+. The van der Waals surface area contributed by atoms with Gasteiger partial charge in [0.05, 0.1) is 11.1 Å². The molecule has 0 bridgehead atoms. The number of halogens is 1. The molecule has 1 aliphatic rings. The smallest absolute Gasteiger partial charge is 0.331 e. The maximum Gasteiger partial charge on any atom is 0.331 e. The van der Waals surface area contributed by atoms with Crippen LogP contribution in [0.4, 0.5) is 0 Å². The number of benzene rings is 2. The van der Waals surface area contributed by atoms with Gasteiger partial charge in [-0.15, -0.1) is 0 Å². The summed E-state index contributed by atoms with van der Waals surface area (Å²) in [7, 11) is 0. The van der Waals surface area contributed by atoms with E-state index in [0.29, 0.717) is 10.6 Å². The highest BCUT2D eigenvalue weighted by atomic mass is 35.5. The summed E-state index contributed by atoms with van der Waals surface area (Å²) < 4.78 is 5.51. The number of phenols is 2. The number of Topliss-reactive ketones (excluding diaryl/α,β-unsaturated/α-hetero) is 1. The summed E-state index contributed by atoms with van der Waals surface area (Å²) >= 11 is 6.08. The first-order chi connectivity index (χ1) is 15.2. The summed E-state index contributed by atoms with van der Waals surface area (Å²) in [5.74, 6) is -2.93. The van der Waals surface area contributed by atoms with E-state index in [2.05, 4.69) is 0 Å². The molecule has 2 aromatic rings. The lowest BCUT2D eigenvalue weighted by atomic mass is 9.85. The number of carbonyl (C=O) groups excluding carboxylic acids is 3. The van der Waals surface area contributed by atoms with Crippen molar-refractivity contribution in [3.8, 4) is 11.5 Å². The lowest BCUT2D eigenvalue weighted by Crippen LogP contribution is -2.28. The minimum absolute atomic E-state index is 0.0830. The van der Waals surface area contributed by atoms with Crippen LogP contribution in [0.1, 0.15) is 46.5 Å². The van der Waals surface area contributed by atoms with Crippen molar-refractivity contribution in [2.24, 2.45) is 0 Å². The molecule has 0 spiro atoms. The summed E-state index contributed by atoms with van der Waals surface area (Å²) in [6.45, 7) is 3.69. The van der Waals surface area contributed by atoms with Crippen molar-refractivity contribution in [2.45, 2.75) is 26.4 Å². The van der Waals surface area contributed by atoms with Crippen LogP contribution in [0.15, 0.2) is 65.8 Å². The second kappa shape index (κ2) is 9.66. The summed E-state index contributed by atoms with van der Waals surface area (Å²) in [5.41, 5.74) is 0.876. The molecule has 0 amide bonds. The highest BCUT2D eigenvalue weighted by Gasteiger charge is 2.35. The van der Waals surface area contributed by atoms with Crippen LogP contribution < -0.4 is 0 Å². The number of ether oxygens (including phenoxy) is 1. The molecule has 7 heteroatoms. The van der Waals surface area contributed by atoms with E-state index in [-0.39, 0.29) is 23.1 Å². The Morgan fingerprint density at radius 2 is 1.72 bits per heavy atom. The average molecular weight is 453 g/mol. The van der Waals surface area contributed by atoms with Crippen LogP contribution in [0.5, 0.6) is 11.5 Å². The first kappa shape index (κ1) is 23.0. The molecule has 0 saturated carbocycles. The Hall–Kier alpha value is -3.64. The number of hydrogen-bond donors (Lipinski definition) is 2. The van der Waals surface area contributed by atoms with Gasteiger partial charge in [0.15, 0.2) is 11.6 Å². The second-order valence-electron chi connectivity index (χ2n) is 7.44. The zero-order chi connectivity index (χ0) is 23.4. The molecule has 0 heterocycles. The van der Waals surface area contributed by atoms with Gasteiger partial charge in [0.25, 0.3) is 0 Å². The molecular weight excluding hydrogens is 432 g/mol. The molecule has 2 N–H and O–H groups in total. The van der Waals surface area contributed by atoms with Gasteiger partial charge < -0.3 is 14.9 Å². The average Bonchev–Trinajstić information content (AvgIpc) is 2.74. The fourth-order valence-corrected chi connectivity index (χ4v) is 3.45. The molecule has 1 aliphatic carbocycles. The van der Waals surface area contributed by atoms with Crippen LogP contribution in [-0.2, 0) is 9.53 Å². The minimum Gasteiger partial charge on any atom is -0.507 e. The summed E-state index contributed by atoms with van der Waals surface area (Å²) in [6, 6.07) is 9.21. The largest absolute Gasteiger partial charge is 0.507 e. The Balaban J connectivity index is 1.92. The lowest BCUT2D eigenvalue weighted by molar-refractivity contribution is -0.140. The number of carbonyl (C=O) groups is 3. The normalized spacial score (nSPS) is 14.0. The third-order valence-corrected chi connectivity index (χ3v) is 5.18. The van der Waals surface area contributed by atoms with Crippen LogP contribution in [0.3, 0.4) is 0 Å². The monoisotopic (exact) mass is 452 g/mol. The van der Waals surface area contributed by atoms with E-state index in [1.54, 1.807) is 30.3 Å². The van der Waals surface area contributed by atoms with Crippen molar-refractivity contribution in [3.05, 3.63) is 87.5 Å². The zero-order valence-electron chi connectivity index (χ0n) is 17.5. The number of phenolic OH excluding ortho intramolecular Hbond substituents is 2. The topological polar surface area (TPSA) is 101 Å². The van der Waals surface area contributed by atoms with Crippen molar-refractivity contribution in [1.29, 1.82) is 0 Å². The van der Waals surface area contributed by atoms with E-state index in [9.17, 15) is 24.6 Å². The highest BCUT2D eigenvalue weighted by Crippen LogP contribution is 2.36.